The smallest absolute Gasteiger partial charge is 0.0666 e. The van der Waals surface area contributed by atoms with Crippen LogP contribution in [0.3, 0.4) is 0 Å². The normalized spacial score (nSPS) is 41.8. The predicted octanol–water partition coefficient (Wildman–Crippen LogP) is 3.75. The fourth-order valence-electron chi connectivity index (χ4n) is 3.42. The van der Waals surface area contributed by atoms with Crippen LogP contribution in [0.1, 0.15) is 65.7 Å². The van der Waals surface area contributed by atoms with Gasteiger partial charge in [0.15, 0.2) is 0 Å². The molecule has 1 saturated carbocycles. The second-order valence-corrected chi connectivity index (χ2v) is 6.88. The lowest BCUT2D eigenvalue weighted by Crippen LogP contribution is -2.46. The summed E-state index contributed by atoms with van der Waals surface area (Å²) in [7, 11) is 0. The maximum Gasteiger partial charge on any atom is 0.0666 e. The summed E-state index contributed by atoms with van der Waals surface area (Å²) in [5, 5.41) is 3.82. The van der Waals surface area contributed by atoms with E-state index in [1.807, 2.05) is 0 Å². The van der Waals surface area contributed by atoms with Crippen LogP contribution in [0.15, 0.2) is 0 Å². The van der Waals surface area contributed by atoms with Crippen molar-refractivity contribution in [3.63, 3.8) is 0 Å². The van der Waals surface area contributed by atoms with Crippen molar-refractivity contribution in [2.75, 3.05) is 13.2 Å². The quantitative estimate of drug-likeness (QED) is 0.824. The van der Waals surface area contributed by atoms with E-state index in [9.17, 15) is 0 Å². The molecule has 1 N–H and O–H groups in total. The lowest BCUT2D eigenvalue weighted by atomic mass is 9.82. The van der Waals surface area contributed by atoms with Gasteiger partial charge < -0.3 is 10.1 Å². The Bertz CT molecular complexity index is 247. The highest BCUT2D eigenvalue weighted by Crippen LogP contribution is 2.30. The summed E-state index contributed by atoms with van der Waals surface area (Å²) in [4.78, 5) is 0. The van der Waals surface area contributed by atoms with Crippen LogP contribution >= 0.6 is 0 Å². The van der Waals surface area contributed by atoms with Crippen molar-refractivity contribution in [3.8, 4) is 0 Å². The minimum atomic E-state index is 0.122. The number of nitrogens with one attached hydrogen (secondary N) is 1. The zero-order valence-electron chi connectivity index (χ0n) is 12.5. The summed E-state index contributed by atoms with van der Waals surface area (Å²) in [5.41, 5.74) is 0.122. The molecule has 1 aliphatic carbocycles. The first-order valence-electron chi connectivity index (χ1n) is 7.98. The van der Waals surface area contributed by atoms with E-state index in [4.69, 9.17) is 4.74 Å². The van der Waals surface area contributed by atoms with E-state index in [-0.39, 0.29) is 5.60 Å². The second-order valence-electron chi connectivity index (χ2n) is 6.88. The Morgan fingerprint density at radius 1 is 1.17 bits per heavy atom. The molecule has 1 aliphatic heterocycles. The third kappa shape index (κ3) is 3.96. The van der Waals surface area contributed by atoms with Gasteiger partial charge in [-0.2, -0.15) is 0 Å². The Kier molecular flexibility index (Phi) is 5.08. The SMILES string of the molecule is CCC1(C)CC(NCC2CCC(C)CC2)CCO1. The number of hydrogen-bond donors (Lipinski definition) is 1. The lowest BCUT2D eigenvalue weighted by Gasteiger charge is -2.39. The van der Waals surface area contributed by atoms with Gasteiger partial charge in [-0.05, 0) is 57.4 Å². The molecule has 1 saturated heterocycles. The fraction of sp³-hybridized carbons (Fsp3) is 1.00. The minimum Gasteiger partial charge on any atom is -0.375 e. The van der Waals surface area contributed by atoms with Crippen molar-refractivity contribution in [1.82, 2.24) is 5.32 Å². The molecule has 0 radical (unpaired) electrons. The van der Waals surface area contributed by atoms with Crippen LogP contribution < -0.4 is 5.32 Å². The molecule has 2 aliphatic rings. The first-order chi connectivity index (χ1) is 8.61. The van der Waals surface area contributed by atoms with Crippen molar-refractivity contribution >= 4 is 0 Å². The Balaban J connectivity index is 1.70. The first kappa shape index (κ1) is 14.3. The minimum absolute atomic E-state index is 0.122. The molecule has 106 valence electrons. The molecule has 18 heavy (non-hydrogen) atoms. The van der Waals surface area contributed by atoms with Crippen molar-refractivity contribution in [2.45, 2.75) is 77.4 Å². The third-order valence-corrected chi connectivity index (χ3v) is 5.17. The van der Waals surface area contributed by atoms with Gasteiger partial charge in [-0.15, -0.1) is 0 Å². The monoisotopic (exact) mass is 253 g/mol. The molecule has 2 heteroatoms. The molecule has 1 heterocycles. The zero-order valence-corrected chi connectivity index (χ0v) is 12.5. The summed E-state index contributed by atoms with van der Waals surface area (Å²) >= 11 is 0. The lowest BCUT2D eigenvalue weighted by molar-refractivity contribution is -0.0783. The standard InChI is InChI=1S/C16H31NO/c1-4-16(3)11-15(9-10-18-16)17-12-14-7-5-13(2)6-8-14/h13-15,17H,4-12H2,1-3H3. The van der Waals surface area contributed by atoms with Crippen molar-refractivity contribution in [1.29, 1.82) is 0 Å². The molecule has 0 amide bonds. The summed E-state index contributed by atoms with van der Waals surface area (Å²) in [6.45, 7) is 9.07. The highest BCUT2D eigenvalue weighted by atomic mass is 16.5. The van der Waals surface area contributed by atoms with E-state index in [1.54, 1.807) is 0 Å². The summed E-state index contributed by atoms with van der Waals surface area (Å²) in [5.74, 6) is 1.89. The van der Waals surface area contributed by atoms with Crippen LogP contribution in [0.25, 0.3) is 0 Å². The maximum atomic E-state index is 5.91. The molecule has 2 fully saturated rings. The van der Waals surface area contributed by atoms with E-state index in [0.29, 0.717) is 6.04 Å². The van der Waals surface area contributed by atoms with Gasteiger partial charge in [0.2, 0.25) is 0 Å². The van der Waals surface area contributed by atoms with Crippen LogP contribution in [-0.4, -0.2) is 24.8 Å². The highest BCUT2D eigenvalue weighted by molar-refractivity contribution is 4.86. The molecule has 2 nitrogen and oxygen atoms in total. The highest BCUT2D eigenvalue weighted by Gasteiger charge is 2.31. The molecule has 0 aromatic rings. The summed E-state index contributed by atoms with van der Waals surface area (Å²) in [6.07, 6.45) is 9.25. The van der Waals surface area contributed by atoms with Gasteiger partial charge in [0.05, 0.1) is 5.60 Å². The van der Waals surface area contributed by atoms with E-state index in [2.05, 4.69) is 26.1 Å². The van der Waals surface area contributed by atoms with E-state index >= 15 is 0 Å². The van der Waals surface area contributed by atoms with Crippen LogP contribution in [0.4, 0.5) is 0 Å². The predicted molar refractivity (Wildman–Crippen MR) is 76.8 cm³/mol. The maximum absolute atomic E-state index is 5.91. The Hall–Kier alpha value is -0.0800. The van der Waals surface area contributed by atoms with E-state index in [1.165, 1.54) is 45.1 Å². The van der Waals surface area contributed by atoms with E-state index in [0.717, 1.165) is 24.9 Å². The average molecular weight is 253 g/mol. The van der Waals surface area contributed by atoms with Gasteiger partial charge in [0, 0.05) is 12.6 Å². The number of hydrogen-bond acceptors (Lipinski definition) is 2. The molecule has 0 bridgehead atoms. The molecular weight excluding hydrogens is 222 g/mol. The zero-order chi connectivity index (χ0) is 13.0. The van der Waals surface area contributed by atoms with Crippen LogP contribution in [0.5, 0.6) is 0 Å². The van der Waals surface area contributed by atoms with Gasteiger partial charge in [-0.25, -0.2) is 0 Å². The van der Waals surface area contributed by atoms with Crippen LogP contribution in [0.2, 0.25) is 0 Å². The van der Waals surface area contributed by atoms with Gasteiger partial charge >= 0.3 is 0 Å². The fourth-order valence-corrected chi connectivity index (χ4v) is 3.42. The Morgan fingerprint density at radius 3 is 2.56 bits per heavy atom. The van der Waals surface area contributed by atoms with Crippen molar-refractivity contribution < 1.29 is 4.74 Å². The average Bonchev–Trinajstić information content (AvgIpc) is 2.38. The largest absolute Gasteiger partial charge is 0.375 e. The summed E-state index contributed by atoms with van der Waals surface area (Å²) in [6, 6.07) is 0.683. The van der Waals surface area contributed by atoms with E-state index < -0.39 is 0 Å². The molecule has 2 unspecified atom stereocenters. The molecule has 0 aromatic carbocycles. The van der Waals surface area contributed by atoms with Crippen molar-refractivity contribution in [3.05, 3.63) is 0 Å². The molecule has 2 atom stereocenters. The molecular formula is C16H31NO. The van der Waals surface area contributed by atoms with Gasteiger partial charge in [-0.1, -0.05) is 26.7 Å². The molecule has 2 rings (SSSR count). The van der Waals surface area contributed by atoms with Crippen molar-refractivity contribution in [2.24, 2.45) is 11.8 Å². The second kappa shape index (κ2) is 6.38. The molecule has 0 aromatic heterocycles. The van der Waals surface area contributed by atoms with Gasteiger partial charge in [0.1, 0.15) is 0 Å². The van der Waals surface area contributed by atoms with Crippen LogP contribution in [0, 0.1) is 11.8 Å². The topological polar surface area (TPSA) is 21.3 Å². The molecule has 0 spiro atoms. The number of ether oxygens (including phenoxy) is 1. The Labute approximate surface area is 113 Å². The third-order valence-electron chi connectivity index (χ3n) is 5.17. The van der Waals surface area contributed by atoms with Gasteiger partial charge in [-0.3, -0.25) is 0 Å². The first-order valence-corrected chi connectivity index (χ1v) is 7.98. The number of rotatable bonds is 4. The summed E-state index contributed by atoms with van der Waals surface area (Å²) < 4.78 is 5.91. The van der Waals surface area contributed by atoms with Gasteiger partial charge in [0.25, 0.3) is 0 Å². The Morgan fingerprint density at radius 2 is 1.89 bits per heavy atom. The van der Waals surface area contributed by atoms with Crippen LogP contribution in [-0.2, 0) is 4.74 Å².